The quantitative estimate of drug-likeness (QED) is 0.818. The summed E-state index contributed by atoms with van der Waals surface area (Å²) in [6.07, 6.45) is 1.42. The molecule has 1 N–H and O–H groups in total. The maximum atomic E-state index is 12.0. The zero-order chi connectivity index (χ0) is 14.0. The van der Waals surface area contributed by atoms with Crippen LogP contribution in [0.25, 0.3) is 0 Å². The van der Waals surface area contributed by atoms with Crippen LogP contribution in [0.5, 0.6) is 5.88 Å². The molecule has 7 heteroatoms. The molecule has 2 rings (SSSR count). The van der Waals surface area contributed by atoms with Crippen LogP contribution in [0.4, 0.5) is 5.69 Å². The van der Waals surface area contributed by atoms with E-state index in [-0.39, 0.29) is 11.4 Å². The summed E-state index contributed by atoms with van der Waals surface area (Å²) in [5.74, 6) is 0.0670. The zero-order valence-corrected chi connectivity index (χ0v) is 11.1. The summed E-state index contributed by atoms with van der Waals surface area (Å²) < 4.78 is 5.31. The van der Waals surface area contributed by atoms with E-state index in [2.05, 4.69) is 15.6 Å². The van der Waals surface area contributed by atoms with E-state index in [4.69, 9.17) is 4.74 Å². The van der Waals surface area contributed by atoms with Gasteiger partial charge in [0.05, 0.1) is 17.4 Å². The summed E-state index contributed by atoms with van der Waals surface area (Å²) in [6, 6.07) is 1.56. The van der Waals surface area contributed by atoms with Crippen molar-refractivity contribution in [2.75, 3.05) is 18.2 Å². The van der Waals surface area contributed by atoms with Gasteiger partial charge in [-0.15, -0.1) is 4.91 Å². The number of ether oxygens (including phenoxy) is 1. The molecule has 1 aromatic rings. The molecule has 1 amide bonds. The third kappa shape index (κ3) is 2.98. The van der Waals surface area contributed by atoms with Gasteiger partial charge in [0.1, 0.15) is 12.3 Å². The predicted molar refractivity (Wildman–Crippen MR) is 70.1 cm³/mol. The Labute approximate surface area is 110 Å². The second-order valence-corrected chi connectivity index (χ2v) is 5.31. The van der Waals surface area contributed by atoms with E-state index < -0.39 is 0 Å². The number of aromatic nitrogens is 1. The van der Waals surface area contributed by atoms with E-state index in [1.54, 1.807) is 6.07 Å². The number of fused-ring (bicyclic) bond motifs is 1. The number of anilines is 1. The van der Waals surface area contributed by atoms with Crippen molar-refractivity contribution >= 4 is 11.6 Å². The maximum Gasteiger partial charge on any atom is 0.253 e. The molecule has 2 heterocycles. The van der Waals surface area contributed by atoms with Crippen LogP contribution in [-0.4, -0.2) is 29.6 Å². The number of nitrogens with zero attached hydrogens (tertiary/aromatic N) is 3. The number of carbonyl (C=O) groups is 1. The molecule has 0 saturated carbocycles. The van der Waals surface area contributed by atoms with Gasteiger partial charge in [-0.1, -0.05) is 0 Å². The average molecular weight is 264 g/mol. The number of rotatable bonds is 2. The normalized spacial score (nSPS) is 14.4. The maximum absolute atomic E-state index is 12.0. The lowest BCUT2D eigenvalue weighted by molar-refractivity contribution is 0.0919. The van der Waals surface area contributed by atoms with Gasteiger partial charge in [0, 0.05) is 11.7 Å². The topological polar surface area (TPSA) is 83.9 Å². The van der Waals surface area contributed by atoms with Crippen LogP contribution in [0.2, 0.25) is 0 Å². The van der Waals surface area contributed by atoms with Crippen molar-refractivity contribution < 1.29 is 9.53 Å². The molecule has 1 aromatic heterocycles. The molecule has 7 nitrogen and oxygen atoms in total. The van der Waals surface area contributed by atoms with Crippen LogP contribution in [0, 0.1) is 4.91 Å². The summed E-state index contributed by atoms with van der Waals surface area (Å²) in [5.41, 5.74) is 0.446. The van der Waals surface area contributed by atoms with Crippen molar-refractivity contribution in [3.05, 3.63) is 22.7 Å². The number of hydrogen-bond acceptors (Lipinski definition) is 5. The molecule has 1 aliphatic heterocycles. The zero-order valence-electron chi connectivity index (χ0n) is 11.1. The number of nitrogens with one attached hydrogen (secondary N) is 1. The molecule has 0 aliphatic carbocycles. The Morgan fingerprint density at radius 2 is 2.26 bits per heavy atom. The number of amides is 1. The second-order valence-electron chi connectivity index (χ2n) is 5.31. The van der Waals surface area contributed by atoms with Gasteiger partial charge in [-0.25, -0.2) is 9.99 Å². The first-order valence-corrected chi connectivity index (χ1v) is 5.97. The molecule has 19 heavy (non-hydrogen) atoms. The van der Waals surface area contributed by atoms with Crippen molar-refractivity contribution in [3.8, 4) is 5.88 Å². The van der Waals surface area contributed by atoms with Crippen LogP contribution < -0.4 is 15.1 Å². The molecule has 0 bridgehead atoms. The SMILES string of the molecule is CC(C)(C)NC(=O)c1cnc2c(c1)N(N=O)CCO2. The van der Waals surface area contributed by atoms with Crippen molar-refractivity contribution in [2.24, 2.45) is 5.29 Å². The molecule has 0 radical (unpaired) electrons. The number of carbonyl (C=O) groups excluding carboxylic acids is 1. The molecule has 0 aromatic carbocycles. The average Bonchev–Trinajstić information content (AvgIpc) is 2.35. The monoisotopic (exact) mass is 264 g/mol. The van der Waals surface area contributed by atoms with Gasteiger partial charge < -0.3 is 10.1 Å². The third-order valence-electron chi connectivity index (χ3n) is 2.50. The molecule has 0 unspecified atom stereocenters. The van der Waals surface area contributed by atoms with Gasteiger partial charge in [0.15, 0.2) is 0 Å². The highest BCUT2D eigenvalue weighted by atomic mass is 16.5. The lowest BCUT2D eigenvalue weighted by Gasteiger charge is -2.24. The van der Waals surface area contributed by atoms with E-state index in [0.717, 1.165) is 0 Å². The summed E-state index contributed by atoms with van der Waals surface area (Å²) in [7, 11) is 0. The molecular formula is C12H16N4O3. The fourth-order valence-electron chi connectivity index (χ4n) is 1.71. The molecular weight excluding hydrogens is 248 g/mol. The minimum atomic E-state index is -0.341. The van der Waals surface area contributed by atoms with E-state index in [1.165, 1.54) is 11.2 Å². The van der Waals surface area contributed by atoms with Gasteiger partial charge in [-0.05, 0) is 26.8 Å². The van der Waals surface area contributed by atoms with E-state index >= 15 is 0 Å². The summed E-state index contributed by atoms with van der Waals surface area (Å²) >= 11 is 0. The lowest BCUT2D eigenvalue weighted by atomic mass is 10.1. The van der Waals surface area contributed by atoms with Gasteiger partial charge in [-0.2, -0.15) is 0 Å². The van der Waals surface area contributed by atoms with Crippen LogP contribution >= 0.6 is 0 Å². The van der Waals surface area contributed by atoms with Crippen molar-refractivity contribution in [3.63, 3.8) is 0 Å². The third-order valence-corrected chi connectivity index (χ3v) is 2.50. The van der Waals surface area contributed by atoms with Gasteiger partial charge in [0.25, 0.3) is 5.91 Å². The summed E-state index contributed by atoms with van der Waals surface area (Å²) in [4.78, 5) is 26.8. The molecule has 0 saturated heterocycles. The largest absolute Gasteiger partial charge is 0.474 e. The van der Waals surface area contributed by atoms with Crippen LogP contribution in [0.1, 0.15) is 31.1 Å². The highest BCUT2D eigenvalue weighted by molar-refractivity contribution is 5.95. The number of nitroso groups, excluding NO2 is 1. The van der Waals surface area contributed by atoms with E-state index in [9.17, 15) is 9.70 Å². The first-order valence-electron chi connectivity index (χ1n) is 5.97. The van der Waals surface area contributed by atoms with E-state index in [1.807, 2.05) is 20.8 Å². The van der Waals surface area contributed by atoms with Crippen LogP contribution in [0.15, 0.2) is 17.5 Å². The molecule has 1 aliphatic rings. The number of pyridine rings is 1. The Balaban J connectivity index is 2.29. The first-order chi connectivity index (χ1) is 8.90. The highest BCUT2D eigenvalue weighted by Crippen LogP contribution is 2.30. The second kappa shape index (κ2) is 4.83. The van der Waals surface area contributed by atoms with Gasteiger partial charge >= 0.3 is 0 Å². The van der Waals surface area contributed by atoms with Gasteiger partial charge in [0.2, 0.25) is 5.88 Å². The summed E-state index contributed by atoms with van der Waals surface area (Å²) in [6.45, 7) is 6.36. The van der Waals surface area contributed by atoms with Crippen molar-refractivity contribution in [2.45, 2.75) is 26.3 Å². The molecule has 0 atom stereocenters. The molecule has 0 spiro atoms. The fraction of sp³-hybridized carbons (Fsp3) is 0.500. The minimum Gasteiger partial charge on any atom is -0.474 e. The highest BCUT2D eigenvalue weighted by Gasteiger charge is 2.23. The summed E-state index contributed by atoms with van der Waals surface area (Å²) in [5, 5.41) is 6.96. The Kier molecular flexibility index (Phi) is 3.37. The Hall–Kier alpha value is -2.18. The van der Waals surface area contributed by atoms with Crippen LogP contribution in [0.3, 0.4) is 0 Å². The Bertz CT molecular complexity index is 510. The predicted octanol–water partition coefficient (Wildman–Crippen LogP) is 1.49. The molecule has 0 fully saturated rings. The Morgan fingerprint density at radius 3 is 2.89 bits per heavy atom. The standard InChI is InChI=1S/C12H16N4O3/c1-12(2,3)14-10(17)8-6-9-11(13-7-8)19-5-4-16(9)15-18/h6-7H,4-5H2,1-3H3,(H,14,17). The number of hydrogen-bond donors (Lipinski definition) is 1. The minimum absolute atomic E-state index is 0.251. The van der Waals surface area contributed by atoms with Crippen molar-refractivity contribution in [1.82, 2.24) is 10.3 Å². The van der Waals surface area contributed by atoms with E-state index in [0.29, 0.717) is 30.3 Å². The van der Waals surface area contributed by atoms with Gasteiger partial charge in [-0.3, -0.25) is 4.79 Å². The lowest BCUT2D eigenvalue weighted by Crippen LogP contribution is -2.40. The smallest absolute Gasteiger partial charge is 0.253 e. The Morgan fingerprint density at radius 1 is 1.53 bits per heavy atom. The van der Waals surface area contributed by atoms with Crippen LogP contribution in [-0.2, 0) is 0 Å². The van der Waals surface area contributed by atoms with Crippen molar-refractivity contribution in [1.29, 1.82) is 0 Å². The first kappa shape index (κ1) is 13.3. The molecule has 102 valence electrons. The fourth-order valence-corrected chi connectivity index (χ4v) is 1.71.